The van der Waals surface area contributed by atoms with Crippen LogP contribution in [0, 0.1) is 0 Å². The molecule has 0 fully saturated rings. The van der Waals surface area contributed by atoms with Crippen LogP contribution < -0.4 is 20.2 Å². The van der Waals surface area contributed by atoms with Crippen molar-refractivity contribution >= 4 is 34.8 Å². The molecule has 37 heavy (non-hydrogen) atoms. The van der Waals surface area contributed by atoms with Gasteiger partial charge in [-0.15, -0.1) is 0 Å². The van der Waals surface area contributed by atoms with Gasteiger partial charge in [0.25, 0.3) is 11.8 Å². The van der Waals surface area contributed by atoms with Crippen molar-refractivity contribution in [2.24, 2.45) is 5.10 Å². The highest BCUT2D eigenvalue weighted by atomic mass is 16.5. The molecule has 0 aliphatic heterocycles. The van der Waals surface area contributed by atoms with E-state index in [1.807, 2.05) is 43.3 Å². The van der Waals surface area contributed by atoms with Crippen LogP contribution in [0.15, 0.2) is 96.1 Å². The lowest BCUT2D eigenvalue weighted by Crippen LogP contribution is -2.34. The Balaban J connectivity index is 1.42. The fourth-order valence-corrected chi connectivity index (χ4v) is 3.57. The summed E-state index contributed by atoms with van der Waals surface area (Å²) in [4.78, 5) is 37.2. The predicted molar refractivity (Wildman–Crippen MR) is 141 cm³/mol. The Morgan fingerprint density at radius 1 is 0.838 bits per heavy atom. The van der Waals surface area contributed by atoms with E-state index in [0.29, 0.717) is 34.8 Å². The number of hydrogen-bond donors (Lipinski definition) is 2. The number of carbonyl (C=O) groups excluding carboxylic acids is 3. The molecule has 2 amide bonds. The summed E-state index contributed by atoms with van der Waals surface area (Å²) in [7, 11) is 0. The number of nitrogens with zero attached hydrogens (tertiary/aromatic N) is 1. The van der Waals surface area contributed by atoms with Gasteiger partial charge in [-0.2, -0.15) is 5.10 Å². The van der Waals surface area contributed by atoms with Crippen molar-refractivity contribution in [1.29, 1.82) is 0 Å². The van der Waals surface area contributed by atoms with Gasteiger partial charge in [0.2, 0.25) is 0 Å². The largest absolute Gasteiger partial charge is 0.494 e. The summed E-state index contributed by atoms with van der Waals surface area (Å²) in [5.74, 6) is -0.459. The lowest BCUT2D eigenvalue weighted by molar-refractivity contribution is -0.120. The quantitative estimate of drug-likeness (QED) is 0.156. The lowest BCUT2D eigenvalue weighted by atomic mass is 10.0. The van der Waals surface area contributed by atoms with E-state index in [1.54, 1.807) is 54.6 Å². The predicted octanol–water partition coefficient (Wildman–Crippen LogP) is 4.34. The topological polar surface area (TPSA) is 106 Å². The van der Waals surface area contributed by atoms with Crippen LogP contribution in [0.4, 0.5) is 0 Å². The average Bonchev–Trinajstić information content (AvgIpc) is 2.93. The van der Waals surface area contributed by atoms with Crippen LogP contribution >= 0.6 is 0 Å². The van der Waals surface area contributed by atoms with E-state index in [9.17, 15) is 14.4 Å². The molecular weight excluding hydrogens is 470 g/mol. The van der Waals surface area contributed by atoms with Gasteiger partial charge >= 0.3 is 5.97 Å². The maximum Gasteiger partial charge on any atom is 0.343 e. The van der Waals surface area contributed by atoms with E-state index in [4.69, 9.17) is 9.47 Å². The zero-order chi connectivity index (χ0) is 26.0. The van der Waals surface area contributed by atoms with Crippen molar-refractivity contribution in [1.82, 2.24) is 10.7 Å². The first-order valence-electron chi connectivity index (χ1n) is 11.7. The van der Waals surface area contributed by atoms with E-state index in [2.05, 4.69) is 15.8 Å². The molecule has 0 saturated carbocycles. The maximum absolute atomic E-state index is 12.6. The van der Waals surface area contributed by atoms with Gasteiger partial charge in [0.15, 0.2) is 0 Å². The zero-order valence-corrected chi connectivity index (χ0v) is 20.1. The van der Waals surface area contributed by atoms with Gasteiger partial charge in [0.1, 0.15) is 11.5 Å². The molecule has 0 spiro atoms. The number of rotatable bonds is 9. The fourth-order valence-electron chi connectivity index (χ4n) is 3.57. The summed E-state index contributed by atoms with van der Waals surface area (Å²) in [5, 5.41) is 8.29. The standard InChI is InChI=1S/C29H25N3O5/c1-2-36-23-15-12-21(13-16-23)28(34)30-19-27(33)32-31-18-25-24-11-7-6-8-20(24)14-17-26(25)37-29(35)22-9-4-3-5-10-22/h3-18H,2,19H2,1H3,(H,30,34)(H,32,33)/b31-18-. The second-order valence-corrected chi connectivity index (χ2v) is 7.89. The minimum Gasteiger partial charge on any atom is -0.494 e. The van der Waals surface area contributed by atoms with Crippen molar-refractivity contribution in [3.05, 3.63) is 108 Å². The molecule has 8 heteroatoms. The van der Waals surface area contributed by atoms with E-state index in [0.717, 1.165) is 10.8 Å². The Kier molecular flexibility index (Phi) is 8.23. The molecule has 0 bridgehead atoms. The van der Waals surface area contributed by atoms with Crippen molar-refractivity contribution in [3.8, 4) is 11.5 Å². The highest BCUT2D eigenvalue weighted by Crippen LogP contribution is 2.27. The summed E-state index contributed by atoms with van der Waals surface area (Å²) in [5.41, 5.74) is 3.74. The van der Waals surface area contributed by atoms with Gasteiger partial charge in [-0.3, -0.25) is 9.59 Å². The lowest BCUT2D eigenvalue weighted by Gasteiger charge is -2.10. The Morgan fingerprint density at radius 3 is 2.32 bits per heavy atom. The van der Waals surface area contributed by atoms with Gasteiger partial charge < -0.3 is 14.8 Å². The summed E-state index contributed by atoms with van der Waals surface area (Å²) < 4.78 is 11.0. The Labute approximate surface area is 213 Å². The number of ether oxygens (including phenoxy) is 2. The second kappa shape index (κ2) is 12.1. The Hall–Kier alpha value is -4.98. The van der Waals surface area contributed by atoms with Gasteiger partial charge in [-0.05, 0) is 60.2 Å². The highest BCUT2D eigenvalue weighted by Gasteiger charge is 2.13. The molecule has 0 aliphatic carbocycles. The molecule has 0 unspecified atom stereocenters. The first-order chi connectivity index (χ1) is 18.0. The molecule has 2 N–H and O–H groups in total. The van der Waals surface area contributed by atoms with Crippen LogP contribution in [0.2, 0.25) is 0 Å². The average molecular weight is 496 g/mol. The monoisotopic (exact) mass is 495 g/mol. The third-order valence-electron chi connectivity index (χ3n) is 5.36. The van der Waals surface area contributed by atoms with Gasteiger partial charge in [-0.1, -0.05) is 48.5 Å². The minimum atomic E-state index is -0.515. The third kappa shape index (κ3) is 6.58. The number of esters is 1. The highest BCUT2D eigenvalue weighted by molar-refractivity contribution is 6.04. The van der Waals surface area contributed by atoms with Crippen molar-refractivity contribution in [3.63, 3.8) is 0 Å². The Morgan fingerprint density at radius 2 is 1.57 bits per heavy atom. The smallest absolute Gasteiger partial charge is 0.343 e. The summed E-state index contributed by atoms with van der Waals surface area (Å²) in [6.07, 6.45) is 1.42. The third-order valence-corrected chi connectivity index (χ3v) is 5.36. The molecule has 0 heterocycles. The molecule has 0 radical (unpaired) electrons. The van der Waals surface area contributed by atoms with Crippen LogP contribution in [-0.2, 0) is 4.79 Å². The molecule has 186 valence electrons. The normalized spacial score (nSPS) is 10.7. The number of benzene rings is 4. The van der Waals surface area contributed by atoms with Crippen LogP contribution in [0.5, 0.6) is 11.5 Å². The molecule has 4 rings (SSSR count). The molecule has 4 aromatic rings. The second-order valence-electron chi connectivity index (χ2n) is 7.89. The van der Waals surface area contributed by atoms with E-state index < -0.39 is 17.8 Å². The molecular formula is C29H25N3O5. The number of hydrogen-bond acceptors (Lipinski definition) is 6. The number of nitrogens with one attached hydrogen (secondary N) is 2. The van der Waals surface area contributed by atoms with Crippen molar-refractivity contribution in [2.45, 2.75) is 6.92 Å². The first kappa shape index (κ1) is 25.1. The Bertz CT molecular complexity index is 1430. The number of fused-ring (bicyclic) bond motifs is 1. The van der Waals surface area contributed by atoms with Crippen LogP contribution in [0.25, 0.3) is 10.8 Å². The summed E-state index contributed by atoms with van der Waals surface area (Å²) in [6, 6.07) is 26.3. The molecule has 0 atom stereocenters. The minimum absolute atomic E-state index is 0.269. The molecule has 0 aliphatic rings. The van der Waals surface area contributed by atoms with Crippen molar-refractivity contribution < 1.29 is 23.9 Å². The SMILES string of the molecule is CCOc1ccc(C(=O)NCC(=O)N/N=C\c2c(OC(=O)c3ccccc3)ccc3ccccc23)cc1. The number of amides is 2. The number of carbonyl (C=O) groups is 3. The molecule has 0 saturated heterocycles. The molecule has 8 nitrogen and oxygen atoms in total. The van der Waals surface area contributed by atoms with Gasteiger partial charge in [-0.25, -0.2) is 10.2 Å². The van der Waals surface area contributed by atoms with Gasteiger partial charge in [0.05, 0.1) is 24.9 Å². The summed E-state index contributed by atoms with van der Waals surface area (Å²) in [6.45, 7) is 2.14. The van der Waals surface area contributed by atoms with Crippen LogP contribution in [-0.4, -0.2) is 37.1 Å². The fraction of sp³-hybridized carbons (Fsp3) is 0.103. The first-order valence-corrected chi connectivity index (χ1v) is 11.7. The van der Waals surface area contributed by atoms with Crippen LogP contribution in [0.3, 0.4) is 0 Å². The van der Waals surface area contributed by atoms with E-state index in [1.165, 1.54) is 6.21 Å². The molecule has 0 aromatic heterocycles. The van der Waals surface area contributed by atoms with E-state index >= 15 is 0 Å². The van der Waals surface area contributed by atoms with Gasteiger partial charge in [0, 0.05) is 11.1 Å². The van der Waals surface area contributed by atoms with E-state index in [-0.39, 0.29) is 6.54 Å². The molecule has 4 aromatic carbocycles. The summed E-state index contributed by atoms with van der Waals surface area (Å²) >= 11 is 0. The zero-order valence-electron chi connectivity index (χ0n) is 20.1. The van der Waals surface area contributed by atoms with Crippen molar-refractivity contribution in [2.75, 3.05) is 13.2 Å². The maximum atomic E-state index is 12.6. The van der Waals surface area contributed by atoms with Crippen LogP contribution in [0.1, 0.15) is 33.2 Å². The number of hydrazone groups is 1.